The lowest BCUT2D eigenvalue weighted by Gasteiger charge is -2.11. The number of aliphatic hydroxyl groups excluding tert-OH is 1. The third-order valence-electron chi connectivity index (χ3n) is 6.52. The van der Waals surface area contributed by atoms with E-state index in [2.05, 4.69) is 10.6 Å². The van der Waals surface area contributed by atoms with Gasteiger partial charge in [-0.15, -0.1) is 0 Å². The largest absolute Gasteiger partial charge is 0.481 e. The van der Waals surface area contributed by atoms with Crippen LogP contribution in [0.1, 0.15) is 72.6 Å². The number of aromatic nitrogens is 1. The van der Waals surface area contributed by atoms with Gasteiger partial charge in [0.2, 0.25) is 0 Å². The van der Waals surface area contributed by atoms with Crippen LogP contribution < -0.4 is 0 Å². The van der Waals surface area contributed by atoms with Gasteiger partial charge in [0.15, 0.2) is 5.78 Å². The maximum atomic E-state index is 13.3. The third kappa shape index (κ3) is 6.49. The molecular weight excluding hydrogens is 450 g/mol. The number of unbranched alkanes of at least 4 members (excludes halogenated alkanes) is 3. The van der Waals surface area contributed by atoms with E-state index in [-0.39, 0.29) is 31.1 Å². The summed E-state index contributed by atoms with van der Waals surface area (Å²) in [6.07, 6.45) is 6.06. The maximum Gasteiger partial charge on any atom is 0.303 e. The average molecular weight is 484 g/mol. The summed E-state index contributed by atoms with van der Waals surface area (Å²) < 4.78 is 2.08. The fourth-order valence-corrected chi connectivity index (χ4v) is 4.95. The summed E-state index contributed by atoms with van der Waals surface area (Å²) in [4.78, 5) is 24.3. The van der Waals surface area contributed by atoms with Gasteiger partial charge < -0.3 is 14.8 Å². The number of benzene rings is 2. The Balaban J connectivity index is 1.67. The van der Waals surface area contributed by atoms with Crippen molar-refractivity contribution >= 4 is 34.3 Å². The predicted molar refractivity (Wildman–Crippen MR) is 137 cm³/mol. The molecule has 3 aromatic rings. The molecule has 2 aromatic carbocycles. The van der Waals surface area contributed by atoms with Crippen LogP contribution in [0.5, 0.6) is 0 Å². The molecule has 182 valence electrons. The van der Waals surface area contributed by atoms with Gasteiger partial charge in [0.1, 0.15) is 0 Å². The number of carbonyl (C=O) groups excluding carboxylic acids is 1. The van der Waals surface area contributed by atoms with E-state index in [1.165, 1.54) is 5.56 Å². The molecule has 3 rings (SSSR count). The van der Waals surface area contributed by atoms with Crippen LogP contribution in [0.2, 0.25) is 5.02 Å². The van der Waals surface area contributed by atoms with E-state index in [9.17, 15) is 14.7 Å². The number of ketones is 1. The first kappa shape index (κ1) is 26.0. The topological polar surface area (TPSA) is 79.5 Å². The van der Waals surface area contributed by atoms with Crippen LogP contribution in [0.3, 0.4) is 0 Å². The smallest absolute Gasteiger partial charge is 0.303 e. The number of carboxylic acids is 1. The number of nitrogens with zero attached hydrogens (tertiary/aromatic N) is 1. The lowest BCUT2D eigenvalue weighted by atomic mass is 9.94. The van der Waals surface area contributed by atoms with E-state index in [1.807, 2.05) is 43.4 Å². The van der Waals surface area contributed by atoms with Crippen LogP contribution >= 0.6 is 11.6 Å². The van der Waals surface area contributed by atoms with E-state index < -0.39 is 5.97 Å². The van der Waals surface area contributed by atoms with Gasteiger partial charge in [-0.3, -0.25) is 9.59 Å². The van der Waals surface area contributed by atoms with Gasteiger partial charge in [-0.2, -0.15) is 0 Å². The van der Waals surface area contributed by atoms with Crippen molar-refractivity contribution in [1.82, 2.24) is 4.57 Å². The summed E-state index contributed by atoms with van der Waals surface area (Å²) in [5, 5.41) is 20.0. The highest BCUT2D eigenvalue weighted by Crippen LogP contribution is 2.31. The standard InChI is InChI=1S/C28H34ClNO4/c1-19(16-27(33)34)15-26(32)28-23-17-22(29)13-14-24(23)30(2)25(28)12-6-4-3-5-9-20-10-7-8-11-21(20)18-31/h7-8,10-11,13-14,17,19,31H,3-6,9,12,15-16,18H2,1-2H3,(H,33,34). The highest BCUT2D eigenvalue weighted by Gasteiger charge is 2.23. The Morgan fingerprint density at radius 1 is 0.971 bits per heavy atom. The minimum atomic E-state index is -0.886. The van der Waals surface area contributed by atoms with Gasteiger partial charge in [0.25, 0.3) is 0 Å². The molecule has 1 heterocycles. The van der Waals surface area contributed by atoms with Gasteiger partial charge in [-0.05, 0) is 60.9 Å². The molecule has 1 aromatic heterocycles. The number of hydrogen-bond donors (Lipinski definition) is 2. The molecule has 0 saturated carbocycles. The number of halogens is 1. The fourth-order valence-electron chi connectivity index (χ4n) is 4.78. The second kappa shape index (κ2) is 12.2. The Bertz CT molecular complexity index is 1150. The van der Waals surface area contributed by atoms with Crippen LogP contribution in [-0.4, -0.2) is 26.5 Å². The number of aliphatic carboxylic acids is 1. The van der Waals surface area contributed by atoms with Crippen molar-refractivity contribution in [1.29, 1.82) is 0 Å². The first-order valence-corrected chi connectivity index (χ1v) is 12.4. The van der Waals surface area contributed by atoms with Crippen molar-refractivity contribution in [3.8, 4) is 0 Å². The number of aliphatic hydroxyl groups is 1. The first-order chi connectivity index (χ1) is 16.3. The fraction of sp³-hybridized carbons (Fsp3) is 0.429. The zero-order valence-corrected chi connectivity index (χ0v) is 20.8. The molecule has 0 amide bonds. The zero-order valence-electron chi connectivity index (χ0n) is 20.0. The van der Waals surface area contributed by atoms with Crippen molar-refractivity contribution in [2.24, 2.45) is 13.0 Å². The van der Waals surface area contributed by atoms with Crippen LogP contribution in [0, 0.1) is 5.92 Å². The van der Waals surface area contributed by atoms with Crippen molar-refractivity contribution in [2.75, 3.05) is 0 Å². The summed E-state index contributed by atoms with van der Waals surface area (Å²) in [5.74, 6) is -1.13. The first-order valence-electron chi connectivity index (χ1n) is 12.0. The summed E-state index contributed by atoms with van der Waals surface area (Å²) in [6, 6.07) is 13.6. The van der Waals surface area contributed by atoms with Crippen LogP contribution in [-0.2, 0) is 31.3 Å². The molecule has 1 unspecified atom stereocenters. The zero-order chi connectivity index (χ0) is 24.7. The van der Waals surface area contributed by atoms with Crippen LogP contribution in [0.15, 0.2) is 42.5 Å². The highest BCUT2D eigenvalue weighted by atomic mass is 35.5. The van der Waals surface area contributed by atoms with Crippen molar-refractivity contribution < 1.29 is 19.8 Å². The van der Waals surface area contributed by atoms with Crippen molar-refractivity contribution in [3.63, 3.8) is 0 Å². The minimum absolute atomic E-state index is 0.0165. The van der Waals surface area contributed by atoms with Gasteiger partial charge in [-0.1, -0.05) is 55.6 Å². The van der Waals surface area contributed by atoms with Gasteiger partial charge in [-0.25, -0.2) is 0 Å². The molecule has 6 heteroatoms. The molecule has 0 saturated heterocycles. The third-order valence-corrected chi connectivity index (χ3v) is 6.75. The van der Waals surface area contributed by atoms with Gasteiger partial charge in [0.05, 0.1) is 6.61 Å². The second-order valence-corrected chi connectivity index (χ2v) is 9.65. The average Bonchev–Trinajstić information content (AvgIpc) is 3.06. The molecule has 2 N–H and O–H groups in total. The molecule has 1 atom stereocenters. The molecule has 0 aliphatic carbocycles. The normalized spacial score (nSPS) is 12.2. The summed E-state index contributed by atoms with van der Waals surface area (Å²) >= 11 is 6.25. The molecule has 0 aliphatic heterocycles. The monoisotopic (exact) mass is 483 g/mol. The quantitative estimate of drug-likeness (QED) is 0.219. The molecular formula is C28H34ClNO4. The van der Waals surface area contributed by atoms with Gasteiger partial charge in [0, 0.05) is 47.1 Å². The number of Topliss-reactive ketones (excluding diaryl/α,β-unsaturated/α-hetero) is 1. The minimum Gasteiger partial charge on any atom is -0.481 e. The van der Waals surface area contributed by atoms with E-state index >= 15 is 0 Å². The Hall–Kier alpha value is -2.63. The van der Waals surface area contributed by atoms with E-state index in [0.29, 0.717) is 10.6 Å². The number of carboxylic acid groups (broad SMARTS) is 1. The van der Waals surface area contributed by atoms with Gasteiger partial charge >= 0.3 is 5.97 Å². The lowest BCUT2D eigenvalue weighted by Crippen LogP contribution is -2.12. The molecule has 34 heavy (non-hydrogen) atoms. The Morgan fingerprint density at radius 2 is 1.65 bits per heavy atom. The Morgan fingerprint density at radius 3 is 2.32 bits per heavy atom. The lowest BCUT2D eigenvalue weighted by molar-refractivity contribution is -0.137. The molecule has 0 spiro atoms. The summed E-state index contributed by atoms with van der Waals surface area (Å²) in [6.45, 7) is 1.88. The van der Waals surface area contributed by atoms with E-state index in [1.54, 1.807) is 6.92 Å². The number of fused-ring (bicyclic) bond motifs is 1. The molecule has 0 aliphatic rings. The SMILES string of the molecule is CC(CC(=O)O)CC(=O)c1c(CCCCCCc2ccccc2CO)n(C)c2ccc(Cl)cc12. The predicted octanol–water partition coefficient (Wildman–Crippen LogP) is 6.35. The number of carbonyl (C=O) groups is 2. The Labute approximate surface area is 206 Å². The molecule has 0 radical (unpaired) electrons. The maximum absolute atomic E-state index is 13.3. The molecule has 5 nitrogen and oxygen atoms in total. The number of hydrogen-bond acceptors (Lipinski definition) is 3. The number of aryl methyl sites for hydroxylation is 2. The van der Waals surface area contributed by atoms with Crippen LogP contribution in [0.4, 0.5) is 0 Å². The molecule has 0 fully saturated rings. The van der Waals surface area contributed by atoms with Crippen LogP contribution in [0.25, 0.3) is 10.9 Å². The van der Waals surface area contributed by atoms with Crippen molar-refractivity contribution in [3.05, 3.63) is 69.9 Å². The summed E-state index contributed by atoms with van der Waals surface area (Å²) in [5.41, 5.74) is 4.86. The summed E-state index contributed by atoms with van der Waals surface area (Å²) in [7, 11) is 1.98. The second-order valence-electron chi connectivity index (χ2n) is 9.21. The van der Waals surface area contributed by atoms with E-state index in [0.717, 1.165) is 60.7 Å². The molecule has 0 bridgehead atoms. The Kier molecular flexibility index (Phi) is 9.31. The van der Waals surface area contributed by atoms with E-state index in [4.69, 9.17) is 16.7 Å². The van der Waals surface area contributed by atoms with Crippen molar-refractivity contribution in [2.45, 2.75) is 64.9 Å². The highest BCUT2D eigenvalue weighted by molar-refractivity contribution is 6.31. The number of rotatable bonds is 13.